The number of hydrogen-bond acceptors (Lipinski definition) is 3. The van der Waals surface area contributed by atoms with E-state index in [-0.39, 0.29) is 0 Å². The van der Waals surface area contributed by atoms with E-state index in [0.717, 1.165) is 24.9 Å². The SMILES string of the molecule is CC(C)CCNNNCCC(C)C. The Hall–Kier alpha value is -0.120. The fourth-order valence-electron chi connectivity index (χ4n) is 0.909. The van der Waals surface area contributed by atoms with Gasteiger partial charge < -0.3 is 0 Å². The molecule has 3 N–H and O–H groups in total. The highest BCUT2D eigenvalue weighted by Crippen LogP contribution is 1.96. The van der Waals surface area contributed by atoms with Crippen LogP contribution in [0.3, 0.4) is 0 Å². The molecule has 13 heavy (non-hydrogen) atoms. The van der Waals surface area contributed by atoms with Crippen molar-refractivity contribution < 1.29 is 0 Å². The fourth-order valence-corrected chi connectivity index (χ4v) is 0.909. The number of hydrogen-bond donors (Lipinski definition) is 3. The zero-order valence-electron chi connectivity index (χ0n) is 9.48. The summed E-state index contributed by atoms with van der Waals surface area (Å²) in [6, 6.07) is 0. The summed E-state index contributed by atoms with van der Waals surface area (Å²) in [4.78, 5) is 0. The van der Waals surface area contributed by atoms with Gasteiger partial charge in [-0.15, -0.1) is 0 Å². The molecule has 0 spiro atoms. The molecule has 0 aliphatic heterocycles. The highest BCUT2D eigenvalue weighted by Gasteiger charge is 1.93. The third-order valence-electron chi connectivity index (χ3n) is 1.87. The number of rotatable bonds is 8. The predicted molar refractivity (Wildman–Crippen MR) is 58.1 cm³/mol. The van der Waals surface area contributed by atoms with Crippen LogP contribution in [0.25, 0.3) is 0 Å². The van der Waals surface area contributed by atoms with E-state index in [1.165, 1.54) is 12.8 Å². The number of nitrogens with one attached hydrogen (secondary N) is 3. The van der Waals surface area contributed by atoms with Crippen LogP contribution < -0.4 is 16.4 Å². The first-order valence-corrected chi connectivity index (χ1v) is 5.33. The minimum atomic E-state index is 0.768. The van der Waals surface area contributed by atoms with Crippen molar-refractivity contribution in [3.05, 3.63) is 0 Å². The molecule has 80 valence electrons. The van der Waals surface area contributed by atoms with Gasteiger partial charge in [0.25, 0.3) is 0 Å². The first-order valence-electron chi connectivity index (χ1n) is 5.33. The lowest BCUT2D eigenvalue weighted by atomic mass is 10.1. The van der Waals surface area contributed by atoms with Gasteiger partial charge in [-0.3, -0.25) is 0 Å². The van der Waals surface area contributed by atoms with Gasteiger partial charge in [0.1, 0.15) is 0 Å². The summed E-state index contributed by atoms with van der Waals surface area (Å²) < 4.78 is 0. The molecule has 0 heterocycles. The average Bonchev–Trinajstić information content (AvgIpc) is 2.01. The minimum Gasteiger partial charge on any atom is -0.244 e. The van der Waals surface area contributed by atoms with Gasteiger partial charge in [0.2, 0.25) is 0 Å². The van der Waals surface area contributed by atoms with Crippen molar-refractivity contribution in [3.8, 4) is 0 Å². The summed E-state index contributed by atoms with van der Waals surface area (Å²) in [7, 11) is 0. The molecule has 0 unspecified atom stereocenters. The Kier molecular flexibility index (Phi) is 8.40. The lowest BCUT2D eigenvalue weighted by Crippen LogP contribution is -2.44. The second kappa shape index (κ2) is 8.48. The summed E-state index contributed by atoms with van der Waals surface area (Å²) in [6.45, 7) is 11.0. The van der Waals surface area contributed by atoms with Crippen LogP contribution in [-0.2, 0) is 0 Å². The Labute approximate surface area is 82.6 Å². The van der Waals surface area contributed by atoms with Gasteiger partial charge in [0.15, 0.2) is 0 Å². The van der Waals surface area contributed by atoms with Gasteiger partial charge in [0, 0.05) is 13.1 Å². The van der Waals surface area contributed by atoms with Gasteiger partial charge in [0.05, 0.1) is 0 Å². The molecule has 0 amide bonds. The van der Waals surface area contributed by atoms with Crippen molar-refractivity contribution in [1.82, 2.24) is 16.4 Å². The Morgan fingerprint density at radius 3 is 1.46 bits per heavy atom. The summed E-state index contributed by atoms with van der Waals surface area (Å²) in [6.07, 6.45) is 2.41. The first-order chi connectivity index (χ1) is 6.13. The van der Waals surface area contributed by atoms with Crippen LogP contribution in [0, 0.1) is 11.8 Å². The molecule has 3 heteroatoms. The molecule has 0 aromatic rings. The molecule has 0 aromatic carbocycles. The van der Waals surface area contributed by atoms with Gasteiger partial charge in [-0.2, -0.15) is 5.53 Å². The van der Waals surface area contributed by atoms with Crippen LogP contribution in [0.15, 0.2) is 0 Å². The van der Waals surface area contributed by atoms with E-state index >= 15 is 0 Å². The average molecular weight is 187 g/mol. The molecule has 0 aliphatic rings. The van der Waals surface area contributed by atoms with Crippen molar-refractivity contribution in [2.45, 2.75) is 40.5 Å². The minimum absolute atomic E-state index is 0.768. The molecular weight excluding hydrogens is 162 g/mol. The van der Waals surface area contributed by atoms with E-state index < -0.39 is 0 Å². The normalized spacial score (nSPS) is 11.5. The third kappa shape index (κ3) is 11.9. The summed E-state index contributed by atoms with van der Waals surface area (Å²) in [5.41, 5.74) is 9.25. The van der Waals surface area contributed by atoms with Crippen molar-refractivity contribution >= 4 is 0 Å². The monoisotopic (exact) mass is 187 g/mol. The van der Waals surface area contributed by atoms with Crippen molar-refractivity contribution in [1.29, 1.82) is 0 Å². The molecule has 0 fully saturated rings. The van der Waals surface area contributed by atoms with Crippen molar-refractivity contribution in [2.75, 3.05) is 13.1 Å². The maximum absolute atomic E-state index is 3.13. The van der Waals surface area contributed by atoms with Gasteiger partial charge >= 0.3 is 0 Å². The molecule has 0 aliphatic carbocycles. The predicted octanol–water partition coefficient (Wildman–Crippen LogP) is 1.68. The molecule has 0 saturated heterocycles. The van der Waals surface area contributed by atoms with Crippen LogP contribution in [0.2, 0.25) is 0 Å². The maximum atomic E-state index is 3.13. The summed E-state index contributed by atoms with van der Waals surface area (Å²) in [5, 5.41) is 0. The van der Waals surface area contributed by atoms with Gasteiger partial charge in [-0.05, 0) is 24.7 Å². The summed E-state index contributed by atoms with van der Waals surface area (Å²) in [5.74, 6) is 1.54. The van der Waals surface area contributed by atoms with E-state index in [4.69, 9.17) is 0 Å². The third-order valence-corrected chi connectivity index (χ3v) is 1.87. The lowest BCUT2D eigenvalue weighted by Gasteiger charge is -2.10. The smallest absolute Gasteiger partial charge is 0.0115 e. The molecule has 0 radical (unpaired) electrons. The van der Waals surface area contributed by atoms with Crippen LogP contribution >= 0.6 is 0 Å². The summed E-state index contributed by atoms with van der Waals surface area (Å²) >= 11 is 0. The van der Waals surface area contributed by atoms with E-state index in [1.54, 1.807) is 0 Å². The molecule has 0 saturated carbocycles. The highest BCUT2D eigenvalue weighted by molar-refractivity contribution is 4.48. The number of hydrazine groups is 2. The zero-order chi connectivity index (χ0) is 10.1. The van der Waals surface area contributed by atoms with E-state index in [0.29, 0.717) is 0 Å². The lowest BCUT2D eigenvalue weighted by molar-refractivity contribution is 0.394. The van der Waals surface area contributed by atoms with Crippen molar-refractivity contribution in [3.63, 3.8) is 0 Å². The fraction of sp³-hybridized carbons (Fsp3) is 1.00. The highest BCUT2D eigenvalue weighted by atomic mass is 15.6. The second-order valence-corrected chi connectivity index (χ2v) is 4.34. The van der Waals surface area contributed by atoms with Crippen molar-refractivity contribution in [2.24, 2.45) is 11.8 Å². The van der Waals surface area contributed by atoms with E-state index in [2.05, 4.69) is 44.1 Å². The Balaban J connectivity index is 2.92. The topological polar surface area (TPSA) is 36.1 Å². The Morgan fingerprint density at radius 1 is 0.769 bits per heavy atom. The Bertz CT molecular complexity index is 90.3. The molecule has 0 rings (SSSR count). The van der Waals surface area contributed by atoms with Crippen LogP contribution in [-0.4, -0.2) is 13.1 Å². The molecule has 0 bridgehead atoms. The Morgan fingerprint density at radius 2 is 1.15 bits per heavy atom. The molecule has 0 atom stereocenters. The first kappa shape index (κ1) is 12.9. The van der Waals surface area contributed by atoms with Gasteiger partial charge in [-0.25, -0.2) is 10.9 Å². The molecule has 0 aromatic heterocycles. The molecule has 3 nitrogen and oxygen atoms in total. The van der Waals surface area contributed by atoms with E-state index in [1.807, 2.05) is 0 Å². The standard InChI is InChI=1S/C10H25N3/c1-9(2)5-7-11-13-12-8-6-10(3)4/h9-13H,5-8H2,1-4H3. The van der Waals surface area contributed by atoms with Gasteiger partial charge in [-0.1, -0.05) is 27.7 Å². The largest absolute Gasteiger partial charge is 0.244 e. The van der Waals surface area contributed by atoms with Crippen LogP contribution in [0.1, 0.15) is 40.5 Å². The van der Waals surface area contributed by atoms with E-state index in [9.17, 15) is 0 Å². The maximum Gasteiger partial charge on any atom is 0.0115 e. The van der Waals surface area contributed by atoms with Crippen LogP contribution in [0.5, 0.6) is 0 Å². The second-order valence-electron chi connectivity index (χ2n) is 4.34. The van der Waals surface area contributed by atoms with Crippen LogP contribution in [0.4, 0.5) is 0 Å². The quantitative estimate of drug-likeness (QED) is 0.400. The zero-order valence-corrected chi connectivity index (χ0v) is 9.48. The molecular formula is C10H25N3.